The largest absolute Gasteiger partial charge is 0.805 e. The van der Waals surface area contributed by atoms with Crippen LogP contribution in [0.4, 0.5) is 0 Å². The topological polar surface area (TPSA) is 156 Å². The number of aromatic nitrogens is 2. The van der Waals surface area contributed by atoms with E-state index in [1.807, 2.05) is 0 Å². The molecule has 0 amide bonds. The van der Waals surface area contributed by atoms with Gasteiger partial charge in [0.25, 0.3) is 21.4 Å². The van der Waals surface area contributed by atoms with E-state index in [1.54, 1.807) is 0 Å². The van der Waals surface area contributed by atoms with Crippen LogP contribution in [-0.2, 0) is 9.68 Å². The summed E-state index contributed by atoms with van der Waals surface area (Å²) in [5.74, 6) is 0. The number of hydrogen-bond donors (Lipinski definition) is 0. The van der Waals surface area contributed by atoms with Gasteiger partial charge in [-0.25, -0.2) is 0 Å². The maximum Gasteiger partial charge on any atom is 0.295 e. The minimum Gasteiger partial charge on any atom is -0.805 e. The maximum absolute atomic E-state index is 12.7. The lowest BCUT2D eigenvalue weighted by Crippen LogP contribution is -2.32. The van der Waals surface area contributed by atoms with Crippen LogP contribution >= 0.6 is 0 Å². The van der Waals surface area contributed by atoms with E-state index >= 15 is 0 Å². The second kappa shape index (κ2) is 6.22. The highest BCUT2D eigenvalue weighted by Crippen LogP contribution is 2.37. The van der Waals surface area contributed by atoms with Gasteiger partial charge in [0.2, 0.25) is 0 Å². The third-order valence-electron chi connectivity index (χ3n) is 3.99. The molecule has 2 unspecified atom stereocenters. The average Bonchev–Trinajstić information content (AvgIpc) is 2.72. The first-order valence-electron chi connectivity index (χ1n) is 7.30. The summed E-state index contributed by atoms with van der Waals surface area (Å²) in [5, 5.41) is 32.1. The molecule has 1 aromatic carbocycles. The minimum absolute atomic E-state index is 0.0325. The molecule has 1 aliphatic rings. The highest BCUT2D eigenvalue weighted by Gasteiger charge is 2.39. The van der Waals surface area contributed by atoms with Crippen LogP contribution in [0.15, 0.2) is 24.3 Å². The Bertz CT molecular complexity index is 911. The Labute approximate surface area is 138 Å². The van der Waals surface area contributed by atoms with E-state index in [4.69, 9.17) is 0 Å². The van der Waals surface area contributed by atoms with E-state index < -0.39 is 22.4 Å². The molecule has 0 saturated carbocycles. The smallest absolute Gasteiger partial charge is 0.295 e. The van der Waals surface area contributed by atoms with Crippen molar-refractivity contribution in [1.82, 2.24) is 4.73 Å². The van der Waals surface area contributed by atoms with Crippen LogP contribution in [-0.4, -0.2) is 14.9 Å². The molecule has 0 bridgehead atoms. The quantitative estimate of drug-likeness (QED) is 0.347. The highest BCUT2D eigenvalue weighted by atomic mass is 17.0. The van der Waals surface area contributed by atoms with Crippen LogP contribution in [0.3, 0.4) is 0 Å². The third-order valence-corrected chi connectivity index (χ3v) is 3.99. The number of para-hydroxylation sites is 2. The van der Waals surface area contributed by atoms with Gasteiger partial charge in [-0.2, -0.15) is 0 Å². The van der Waals surface area contributed by atoms with E-state index in [2.05, 4.69) is 9.68 Å². The molecule has 1 aromatic heterocycles. The first-order chi connectivity index (χ1) is 11.9. The standard InChI is InChI=1S/C13H12N4O8/c18-14-8-4-1-2-5-9(8)15(19)13-11(25-17(22)23)7-3-6-10(12(13)14)24-16(20)21/h1-2,4-5,10-11H,3,6-7H2. The van der Waals surface area contributed by atoms with Crippen molar-refractivity contribution >= 4 is 11.0 Å². The van der Waals surface area contributed by atoms with Crippen molar-refractivity contribution < 1.29 is 24.3 Å². The number of benzene rings is 1. The number of rotatable bonds is 4. The molecule has 0 fully saturated rings. The Balaban J connectivity index is 2.33. The molecule has 132 valence electrons. The molecule has 12 nitrogen and oxygen atoms in total. The molecule has 1 aliphatic carbocycles. The second-order valence-corrected chi connectivity index (χ2v) is 5.41. The summed E-state index contributed by atoms with van der Waals surface area (Å²) in [5.41, 5.74) is -0.769. The average molecular weight is 352 g/mol. The Hall–Kier alpha value is -3.44. The Morgan fingerprint density at radius 3 is 2.36 bits per heavy atom. The van der Waals surface area contributed by atoms with Crippen LogP contribution in [0.2, 0.25) is 0 Å². The monoisotopic (exact) mass is 352 g/mol. The van der Waals surface area contributed by atoms with E-state index in [-0.39, 0.29) is 41.7 Å². The van der Waals surface area contributed by atoms with Crippen molar-refractivity contribution in [2.45, 2.75) is 31.5 Å². The zero-order valence-electron chi connectivity index (χ0n) is 12.6. The summed E-state index contributed by atoms with van der Waals surface area (Å²) >= 11 is 0. The van der Waals surface area contributed by atoms with Gasteiger partial charge in [-0.15, -0.1) is 20.2 Å². The molecular weight excluding hydrogens is 340 g/mol. The number of fused-ring (bicyclic) bond motifs is 2. The SMILES string of the molecule is O=[N+]([O-])OC1CCCC(O[N+](=O)[O-])c2c1n([O-])c1ccccc1[n+]2=O. The fourth-order valence-electron chi connectivity index (χ4n) is 3.04. The van der Waals surface area contributed by atoms with Gasteiger partial charge < -0.3 is 14.8 Å². The predicted molar refractivity (Wildman–Crippen MR) is 79.6 cm³/mol. The first-order valence-corrected chi connectivity index (χ1v) is 7.30. The van der Waals surface area contributed by atoms with E-state index in [0.29, 0.717) is 9.16 Å². The molecule has 0 spiro atoms. The minimum atomic E-state index is -1.33. The van der Waals surface area contributed by atoms with Crippen LogP contribution in [0.1, 0.15) is 42.9 Å². The van der Waals surface area contributed by atoms with Crippen molar-refractivity contribution in [3.05, 3.63) is 66.0 Å². The van der Waals surface area contributed by atoms with Crippen molar-refractivity contribution in [2.75, 3.05) is 0 Å². The van der Waals surface area contributed by atoms with Crippen LogP contribution in [0.25, 0.3) is 11.0 Å². The molecule has 2 aromatic rings. The van der Waals surface area contributed by atoms with Crippen LogP contribution < -0.4 is 4.43 Å². The van der Waals surface area contributed by atoms with Crippen molar-refractivity contribution in [2.24, 2.45) is 0 Å². The molecular formula is C13H12N4O8. The van der Waals surface area contributed by atoms with Gasteiger partial charge in [0.1, 0.15) is 11.2 Å². The zero-order chi connectivity index (χ0) is 18.1. The van der Waals surface area contributed by atoms with Crippen LogP contribution in [0, 0.1) is 30.3 Å². The summed E-state index contributed by atoms with van der Waals surface area (Å²) in [4.78, 5) is 43.4. The fourth-order valence-corrected chi connectivity index (χ4v) is 3.04. The summed E-state index contributed by atoms with van der Waals surface area (Å²) in [7, 11) is 0. The molecule has 0 saturated heterocycles. The lowest BCUT2D eigenvalue weighted by molar-refractivity contribution is -0.775. The number of nitrogens with zero attached hydrogens (tertiary/aromatic N) is 4. The lowest BCUT2D eigenvalue weighted by atomic mass is 10.1. The van der Waals surface area contributed by atoms with Crippen LogP contribution in [0.5, 0.6) is 0 Å². The maximum atomic E-state index is 12.7. The van der Waals surface area contributed by atoms with E-state index in [9.17, 15) is 30.3 Å². The molecule has 2 atom stereocenters. The van der Waals surface area contributed by atoms with Gasteiger partial charge in [0, 0.05) is 11.0 Å². The fraction of sp³-hybridized carbons (Fsp3) is 0.385. The van der Waals surface area contributed by atoms with Crippen molar-refractivity contribution in [3.63, 3.8) is 0 Å². The summed E-state index contributed by atoms with van der Waals surface area (Å²) < 4.78 is 0.684. The van der Waals surface area contributed by atoms with Crippen molar-refractivity contribution in [1.29, 1.82) is 0 Å². The Morgan fingerprint density at radius 2 is 1.68 bits per heavy atom. The number of hydrogen-bond acceptors (Lipinski definition) is 8. The second-order valence-electron chi connectivity index (χ2n) is 5.41. The van der Waals surface area contributed by atoms with E-state index in [0.717, 1.165) is 0 Å². The molecule has 0 aliphatic heterocycles. The third kappa shape index (κ3) is 2.88. The molecule has 0 N–H and O–H groups in total. The Morgan fingerprint density at radius 1 is 1.08 bits per heavy atom. The van der Waals surface area contributed by atoms with Gasteiger partial charge in [-0.3, -0.25) is 4.84 Å². The summed E-state index contributed by atoms with van der Waals surface area (Å²) in [6.07, 6.45) is -2.36. The van der Waals surface area contributed by atoms with Crippen molar-refractivity contribution in [3.8, 4) is 0 Å². The lowest BCUT2D eigenvalue weighted by Gasteiger charge is -2.23. The molecule has 3 rings (SSSR count). The van der Waals surface area contributed by atoms with Gasteiger partial charge in [-0.05, 0) is 25.3 Å². The molecule has 0 radical (unpaired) electrons. The Kier molecular flexibility index (Phi) is 4.09. The zero-order valence-corrected chi connectivity index (χ0v) is 12.6. The summed E-state index contributed by atoms with van der Waals surface area (Å²) in [6.45, 7) is 0. The molecule has 25 heavy (non-hydrogen) atoms. The molecule has 1 heterocycles. The predicted octanol–water partition coefficient (Wildman–Crippen LogP) is 1.58. The molecule has 12 heteroatoms. The highest BCUT2D eigenvalue weighted by molar-refractivity contribution is 5.72. The first kappa shape index (κ1) is 16.4. The van der Waals surface area contributed by atoms with E-state index in [1.165, 1.54) is 24.3 Å². The van der Waals surface area contributed by atoms with Gasteiger partial charge in [0.05, 0.1) is 4.43 Å². The normalized spacial score (nSPS) is 19.7. The van der Waals surface area contributed by atoms with Gasteiger partial charge in [0.15, 0.2) is 12.2 Å². The van der Waals surface area contributed by atoms with Gasteiger partial charge >= 0.3 is 0 Å². The van der Waals surface area contributed by atoms with Gasteiger partial charge in [-0.1, -0.05) is 12.1 Å². The summed E-state index contributed by atoms with van der Waals surface area (Å²) in [6, 6.07) is 5.78.